The summed E-state index contributed by atoms with van der Waals surface area (Å²) in [6.07, 6.45) is 0. The highest BCUT2D eigenvalue weighted by molar-refractivity contribution is 6.31. The fourth-order valence-corrected chi connectivity index (χ4v) is 1.39. The lowest BCUT2D eigenvalue weighted by molar-refractivity contribution is -0.383. The number of amides is 1. The van der Waals surface area contributed by atoms with Crippen LogP contribution in [0, 0.1) is 16.0 Å². The highest BCUT2D eigenvalue weighted by atomic mass is 35.5. The molecule has 1 atom stereocenters. The molecule has 1 unspecified atom stereocenters. The van der Waals surface area contributed by atoms with Crippen molar-refractivity contribution in [1.82, 2.24) is 0 Å². The molecule has 0 heterocycles. The Hall–Kier alpha value is -1.33. The van der Waals surface area contributed by atoms with Gasteiger partial charge < -0.3 is 5.32 Å². The molecule has 0 aliphatic heterocycles. The average molecular weight is 277 g/mol. The van der Waals surface area contributed by atoms with E-state index in [0.717, 1.165) is 0 Å². The van der Waals surface area contributed by atoms with E-state index in [1.54, 1.807) is 6.92 Å². The van der Waals surface area contributed by atoms with Crippen LogP contribution >= 0.6 is 23.2 Å². The Morgan fingerprint density at radius 2 is 2.24 bits per heavy atom. The van der Waals surface area contributed by atoms with Crippen molar-refractivity contribution in [3.63, 3.8) is 0 Å². The second-order valence-electron chi connectivity index (χ2n) is 3.46. The lowest BCUT2D eigenvalue weighted by Gasteiger charge is -2.09. The Balaban J connectivity index is 2.98. The summed E-state index contributed by atoms with van der Waals surface area (Å²) in [5.74, 6) is -0.648. The molecule has 0 fully saturated rings. The normalized spacial score (nSPS) is 11.9. The highest BCUT2D eigenvalue weighted by Crippen LogP contribution is 2.28. The first-order valence-electron chi connectivity index (χ1n) is 4.76. The van der Waals surface area contributed by atoms with Gasteiger partial charge >= 0.3 is 0 Å². The van der Waals surface area contributed by atoms with E-state index in [2.05, 4.69) is 5.32 Å². The largest absolute Gasteiger partial charge is 0.320 e. The molecule has 0 saturated heterocycles. The van der Waals surface area contributed by atoms with Gasteiger partial charge in [0.2, 0.25) is 5.91 Å². The van der Waals surface area contributed by atoms with Crippen molar-refractivity contribution in [2.75, 3.05) is 11.2 Å². The summed E-state index contributed by atoms with van der Waals surface area (Å²) in [7, 11) is 0. The molecular formula is C10H10Cl2N2O3. The van der Waals surface area contributed by atoms with Crippen molar-refractivity contribution in [3.8, 4) is 0 Å². The van der Waals surface area contributed by atoms with E-state index in [9.17, 15) is 14.9 Å². The number of carbonyl (C=O) groups excluding carboxylic acids is 1. The van der Waals surface area contributed by atoms with Crippen LogP contribution in [0.3, 0.4) is 0 Å². The predicted octanol–water partition coefficient (Wildman–Crippen LogP) is 3.06. The van der Waals surface area contributed by atoms with Gasteiger partial charge in [0.15, 0.2) is 0 Å². The molecule has 0 aromatic heterocycles. The quantitative estimate of drug-likeness (QED) is 0.522. The van der Waals surface area contributed by atoms with Gasteiger partial charge in [-0.3, -0.25) is 14.9 Å². The smallest absolute Gasteiger partial charge is 0.294 e. The third-order valence-corrected chi connectivity index (χ3v) is 2.79. The predicted molar refractivity (Wildman–Crippen MR) is 66.6 cm³/mol. The summed E-state index contributed by atoms with van der Waals surface area (Å²) in [6, 6.07) is 4.04. The number of nitrogens with one attached hydrogen (secondary N) is 1. The molecule has 0 bridgehead atoms. The molecule has 1 amide bonds. The molecule has 0 radical (unpaired) electrons. The van der Waals surface area contributed by atoms with Gasteiger partial charge in [-0.1, -0.05) is 18.5 Å². The van der Waals surface area contributed by atoms with Crippen molar-refractivity contribution in [2.24, 2.45) is 5.92 Å². The van der Waals surface area contributed by atoms with E-state index in [1.165, 1.54) is 18.2 Å². The van der Waals surface area contributed by atoms with Crippen LogP contribution in [0.25, 0.3) is 0 Å². The van der Waals surface area contributed by atoms with Crippen LogP contribution in [0.4, 0.5) is 11.4 Å². The van der Waals surface area contributed by atoms with E-state index >= 15 is 0 Å². The Bertz CT molecular complexity index is 451. The number of rotatable bonds is 4. The number of hydrogen-bond donors (Lipinski definition) is 1. The number of hydrogen-bond acceptors (Lipinski definition) is 3. The summed E-state index contributed by atoms with van der Waals surface area (Å²) in [6.45, 7) is 1.63. The molecule has 1 N–H and O–H groups in total. The molecule has 1 aromatic rings. The topological polar surface area (TPSA) is 72.2 Å². The molecule has 7 heteroatoms. The second kappa shape index (κ2) is 5.84. The van der Waals surface area contributed by atoms with Gasteiger partial charge in [-0.2, -0.15) is 0 Å². The molecule has 5 nitrogen and oxygen atoms in total. The van der Waals surface area contributed by atoms with Crippen LogP contribution in [0.2, 0.25) is 5.02 Å². The Labute approximate surface area is 108 Å². The summed E-state index contributed by atoms with van der Waals surface area (Å²) >= 11 is 11.2. The van der Waals surface area contributed by atoms with Gasteiger partial charge in [0.1, 0.15) is 5.69 Å². The van der Waals surface area contributed by atoms with Crippen LogP contribution in [-0.2, 0) is 4.79 Å². The first kappa shape index (κ1) is 13.7. The number of alkyl halides is 1. The number of anilines is 1. The number of benzene rings is 1. The standard InChI is InChI=1S/C10H10Cl2N2O3/c1-6(5-11)10(15)13-8-3-2-7(12)4-9(8)14(16)17/h2-4,6H,5H2,1H3,(H,13,15). The maximum Gasteiger partial charge on any atom is 0.294 e. The zero-order valence-electron chi connectivity index (χ0n) is 8.94. The van der Waals surface area contributed by atoms with Crippen molar-refractivity contribution >= 4 is 40.5 Å². The van der Waals surface area contributed by atoms with E-state index in [4.69, 9.17) is 23.2 Å². The molecular weight excluding hydrogens is 267 g/mol. The molecule has 17 heavy (non-hydrogen) atoms. The van der Waals surface area contributed by atoms with E-state index in [1.807, 2.05) is 0 Å². The van der Waals surface area contributed by atoms with Gasteiger partial charge in [-0.15, -0.1) is 11.6 Å². The molecule has 92 valence electrons. The fraction of sp³-hybridized carbons (Fsp3) is 0.300. The van der Waals surface area contributed by atoms with Crippen LogP contribution in [-0.4, -0.2) is 16.7 Å². The number of nitrogens with zero attached hydrogens (tertiary/aromatic N) is 1. The lowest BCUT2D eigenvalue weighted by atomic mass is 10.2. The van der Waals surface area contributed by atoms with Gasteiger partial charge in [-0.25, -0.2) is 0 Å². The zero-order chi connectivity index (χ0) is 13.0. The van der Waals surface area contributed by atoms with Crippen molar-refractivity contribution in [1.29, 1.82) is 0 Å². The minimum Gasteiger partial charge on any atom is -0.320 e. The lowest BCUT2D eigenvalue weighted by Crippen LogP contribution is -2.21. The molecule has 0 spiro atoms. The monoisotopic (exact) mass is 276 g/mol. The minimum atomic E-state index is -0.604. The highest BCUT2D eigenvalue weighted by Gasteiger charge is 2.18. The average Bonchev–Trinajstić information content (AvgIpc) is 2.29. The first-order chi connectivity index (χ1) is 7.95. The number of carbonyl (C=O) groups is 1. The summed E-state index contributed by atoms with van der Waals surface area (Å²) in [5, 5.41) is 13.4. The third kappa shape index (κ3) is 3.57. The summed E-state index contributed by atoms with van der Waals surface area (Å²) < 4.78 is 0. The molecule has 0 aliphatic rings. The first-order valence-corrected chi connectivity index (χ1v) is 5.67. The van der Waals surface area contributed by atoms with Crippen LogP contribution in [0.1, 0.15) is 6.92 Å². The molecule has 0 aliphatic carbocycles. The van der Waals surface area contributed by atoms with Gasteiger partial charge in [0, 0.05) is 22.9 Å². The second-order valence-corrected chi connectivity index (χ2v) is 4.21. The number of halogens is 2. The van der Waals surface area contributed by atoms with Crippen LogP contribution < -0.4 is 5.32 Å². The maximum atomic E-state index is 11.6. The van der Waals surface area contributed by atoms with E-state index < -0.39 is 10.8 Å². The molecule has 0 saturated carbocycles. The SMILES string of the molecule is CC(CCl)C(=O)Nc1ccc(Cl)cc1[N+](=O)[O-]. The van der Waals surface area contributed by atoms with E-state index in [-0.39, 0.29) is 28.2 Å². The van der Waals surface area contributed by atoms with Gasteiger partial charge in [-0.05, 0) is 12.1 Å². The van der Waals surface area contributed by atoms with Crippen LogP contribution in [0.15, 0.2) is 18.2 Å². The summed E-state index contributed by atoms with van der Waals surface area (Å²) in [4.78, 5) is 21.7. The molecule has 1 rings (SSSR count). The van der Waals surface area contributed by atoms with Crippen molar-refractivity contribution in [3.05, 3.63) is 33.3 Å². The van der Waals surface area contributed by atoms with Gasteiger partial charge in [0.25, 0.3) is 5.69 Å². The maximum absolute atomic E-state index is 11.6. The number of nitro benzene ring substituents is 1. The summed E-state index contributed by atoms with van der Waals surface area (Å²) in [5.41, 5.74) is -0.131. The Kier molecular flexibility index (Phi) is 4.72. The number of nitro groups is 1. The van der Waals surface area contributed by atoms with Crippen LogP contribution in [0.5, 0.6) is 0 Å². The fourth-order valence-electron chi connectivity index (χ4n) is 1.09. The Morgan fingerprint density at radius 1 is 1.59 bits per heavy atom. The van der Waals surface area contributed by atoms with Crippen molar-refractivity contribution < 1.29 is 9.72 Å². The zero-order valence-corrected chi connectivity index (χ0v) is 10.5. The Morgan fingerprint density at radius 3 is 2.76 bits per heavy atom. The minimum absolute atomic E-state index is 0.112. The third-order valence-electron chi connectivity index (χ3n) is 2.09. The van der Waals surface area contributed by atoms with Gasteiger partial charge in [0.05, 0.1) is 4.92 Å². The van der Waals surface area contributed by atoms with Crippen molar-refractivity contribution in [2.45, 2.75) is 6.92 Å². The molecule has 1 aromatic carbocycles. The van der Waals surface area contributed by atoms with E-state index in [0.29, 0.717) is 0 Å².